The van der Waals surface area contributed by atoms with E-state index in [9.17, 15) is 13.2 Å². The van der Waals surface area contributed by atoms with Gasteiger partial charge in [-0.05, 0) is 62.8 Å². The molecular formula is C21H24N4O3S2. The number of nitrogens with one attached hydrogen (secondary N) is 2. The van der Waals surface area contributed by atoms with Crippen molar-refractivity contribution in [2.75, 3.05) is 11.9 Å². The molecule has 2 aromatic carbocycles. The number of nitrogens with zero attached hydrogens (tertiary/aromatic N) is 2. The summed E-state index contributed by atoms with van der Waals surface area (Å²) in [5.41, 5.74) is 2.96. The highest BCUT2D eigenvalue weighted by atomic mass is 32.2. The summed E-state index contributed by atoms with van der Waals surface area (Å²) < 4.78 is 36.4. The molecule has 1 heterocycles. The highest BCUT2D eigenvalue weighted by molar-refractivity contribution is 7.89. The molecule has 1 aromatic heterocycles. The first-order valence-corrected chi connectivity index (χ1v) is 12.2. The van der Waals surface area contributed by atoms with E-state index in [-0.39, 0.29) is 22.6 Å². The number of benzene rings is 2. The van der Waals surface area contributed by atoms with Crippen LogP contribution >= 0.6 is 11.7 Å². The minimum atomic E-state index is -3.66. The second-order valence-corrected chi connectivity index (χ2v) is 10.1. The zero-order valence-corrected chi connectivity index (χ0v) is 18.3. The quantitative estimate of drug-likeness (QED) is 0.603. The molecule has 30 heavy (non-hydrogen) atoms. The molecule has 7 nitrogen and oxygen atoms in total. The molecule has 4 rings (SSSR count). The van der Waals surface area contributed by atoms with Gasteiger partial charge in [-0.15, -0.1) is 0 Å². The first-order chi connectivity index (χ1) is 14.4. The lowest BCUT2D eigenvalue weighted by atomic mass is 9.81. The van der Waals surface area contributed by atoms with Crippen LogP contribution in [-0.2, 0) is 14.8 Å². The number of fused-ring (bicyclic) bond motifs is 1. The molecule has 1 aliphatic rings. The monoisotopic (exact) mass is 444 g/mol. The first kappa shape index (κ1) is 20.9. The molecule has 9 heteroatoms. The smallest absolute Gasteiger partial charge is 0.242 e. The van der Waals surface area contributed by atoms with E-state index in [0.29, 0.717) is 17.6 Å². The molecule has 0 aliphatic heterocycles. The normalized spacial score (nSPS) is 19.6. The Labute approximate surface area is 180 Å². The number of sulfonamides is 1. The minimum absolute atomic E-state index is 0.0333. The molecular weight excluding hydrogens is 420 g/mol. The Balaban J connectivity index is 1.30. The van der Waals surface area contributed by atoms with Crippen molar-refractivity contribution >= 4 is 44.4 Å². The van der Waals surface area contributed by atoms with Crippen LogP contribution in [0.3, 0.4) is 0 Å². The van der Waals surface area contributed by atoms with Crippen molar-refractivity contribution in [2.45, 2.75) is 37.5 Å². The number of amides is 1. The average molecular weight is 445 g/mol. The standard InChI is InChI=1S/C21H24N4O3S2/c1-14-5-11-17(12-6-14)23-21(26)16-9-7-15(8-10-16)13-22-30(27,28)19-4-2-3-18-20(19)25-29-24-18/h2-6,11-12,15-16,22H,7-10,13H2,1H3,(H,23,26). The van der Waals surface area contributed by atoms with E-state index in [4.69, 9.17) is 0 Å². The summed E-state index contributed by atoms with van der Waals surface area (Å²) >= 11 is 1.00. The minimum Gasteiger partial charge on any atom is -0.326 e. The lowest BCUT2D eigenvalue weighted by Crippen LogP contribution is -2.33. The van der Waals surface area contributed by atoms with Gasteiger partial charge < -0.3 is 5.32 Å². The highest BCUT2D eigenvalue weighted by Gasteiger charge is 2.28. The van der Waals surface area contributed by atoms with Gasteiger partial charge in [-0.2, -0.15) is 8.75 Å². The number of aryl methyl sites for hydroxylation is 1. The maximum absolute atomic E-state index is 12.7. The van der Waals surface area contributed by atoms with Crippen molar-refractivity contribution in [3.8, 4) is 0 Å². The zero-order chi connectivity index (χ0) is 21.1. The molecule has 158 valence electrons. The summed E-state index contributed by atoms with van der Waals surface area (Å²) in [6, 6.07) is 12.7. The Hall–Kier alpha value is -2.36. The number of hydrogen-bond acceptors (Lipinski definition) is 6. The molecule has 2 N–H and O–H groups in total. The van der Waals surface area contributed by atoms with Crippen molar-refractivity contribution in [3.63, 3.8) is 0 Å². The van der Waals surface area contributed by atoms with Gasteiger partial charge in [0.1, 0.15) is 15.9 Å². The number of carbonyl (C=O) groups excluding carboxylic acids is 1. The van der Waals surface area contributed by atoms with Crippen LogP contribution in [0.2, 0.25) is 0 Å². The summed E-state index contributed by atoms with van der Waals surface area (Å²) in [6.45, 7) is 2.37. The molecule has 0 radical (unpaired) electrons. The Morgan fingerprint density at radius 2 is 1.80 bits per heavy atom. The molecule has 0 unspecified atom stereocenters. The molecule has 1 fully saturated rings. The molecule has 0 atom stereocenters. The van der Waals surface area contributed by atoms with Gasteiger partial charge in [0, 0.05) is 18.2 Å². The van der Waals surface area contributed by atoms with Gasteiger partial charge in [0.15, 0.2) is 0 Å². The summed E-state index contributed by atoms with van der Waals surface area (Å²) in [7, 11) is -3.66. The third kappa shape index (κ3) is 4.69. The van der Waals surface area contributed by atoms with Crippen LogP contribution in [0, 0.1) is 18.8 Å². The van der Waals surface area contributed by atoms with Crippen molar-refractivity contribution < 1.29 is 13.2 Å². The van der Waals surface area contributed by atoms with E-state index in [1.54, 1.807) is 18.2 Å². The largest absolute Gasteiger partial charge is 0.326 e. The molecule has 3 aromatic rings. The molecule has 0 saturated heterocycles. The Morgan fingerprint density at radius 3 is 2.53 bits per heavy atom. The van der Waals surface area contributed by atoms with Gasteiger partial charge in [0.25, 0.3) is 0 Å². The van der Waals surface area contributed by atoms with E-state index >= 15 is 0 Å². The van der Waals surface area contributed by atoms with Crippen LogP contribution < -0.4 is 10.0 Å². The second-order valence-electron chi connectivity index (χ2n) is 7.81. The Bertz CT molecular complexity index is 1130. The maximum atomic E-state index is 12.7. The molecule has 1 aliphatic carbocycles. The first-order valence-electron chi connectivity index (χ1n) is 10.0. The van der Waals surface area contributed by atoms with Gasteiger partial charge in [0.2, 0.25) is 15.9 Å². The lowest BCUT2D eigenvalue weighted by Gasteiger charge is -2.27. The van der Waals surface area contributed by atoms with E-state index < -0.39 is 10.0 Å². The SMILES string of the molecule is Cc1ccc(NC(=O)C2CCC(CNS(=O)(=O)c3cccc4nsnc34)CC2)cc1. The average Bonchev–Trinajstić information content (AvgIpc) is 3.23. The summed E-state index contributed by atoms with van der Waals surface area (Å²) in [6.07, 6.45) is 3.15. The van der Waals surface area contributed by atoms with Crippen LogP contribution in [0.15, 0.2) is 47.4 Å². The second kappa shape index (κ2) is 8.79. The topological polar surface area (TPSA) is 101 Å². The maximum Gasteiger partial charge on any atom is 0.242 e. The van der Waals surface area contributed by atoms with Crippen LogP contribution in [0.1, 0.15) is 31.2 Å². The number of hydrogen-bond donors (Lipinski definition) is 2. The van der Waals surface area contributed by atoms with Gasteiger partial charge in [-0.3, -0.25) is 4.79 Å². The number of carbonyl (C=O) groups is 1. The highest BCUT2D eigenvalue weighted by Crippen LogP contribution is 2.30. The van der Waals surface area contributed by atoms with Crippen molar-refractivity contribution in [1.82, 2.24) is 13.5 Å². The van der Waals surface area contributed by atoms with Crippen molar-refractivity contribution in [2.24, 2.45) is 11.8 Å². The predicted octanol–water partition coefficient (Wildman–Crippen LogP) is 3.72. The van der Waals surface area contributed by atoms with Crippen molar-refractivity contribution in [1.29, 1.82) is 0 Å². The fourth-order valence-electron chi connectivity index (χ4n) is 3.81. The zero-order valence-electron chi connectivity index (χ0n) is 16.7. The Morgan fingerprint density at radius 1 is 1.07 bits per heavy atom. The van der Waals surface area contributed by atoms with Gasteiger partial charge in [-0.25, -0.2) is 13.1 Å². The third-order valence-electron chi connectivity index (χ3n) is 5.64. The van der Waals surface area contributed by atoms with Crippen LogP contribution in [0.25, 0.3) is 11.0 Å². The summed E-state index contributed by atoms with van der Waals surface area (Å²) in [4.78, 5) is 12.7. The summed E-state index contributed by atoms with van der Waals surface area (Å²) in [5.74, 6) is 0.227. The predicted molar refractivity (Wildman–Crippen MR) is 118 cm³/mol. The number of rotatable bonds is 6. The fourth-order valence-corrected chi connectivity index (χ4v) is 5.69. The van der Waals surface area contributed by atoms with E-state index in [2.05, 4.69) is 18.8 Å². The van der Waals surface area contributed by atoms with Crippen LogP contribution in [0.5, 0.6) is 0 Å². The lowest BCUT2D eigenvalue weighted by molar-refractivity contribution is -0.121. The molecule has 0 bridgehead atoms. The molecule has 0 spiro atoms. The number of aromatic nitrogens is 2. The third-order valence-corrected chi connectivity index (χ3v) is 7.63. The fraction of sp³-hybridized carbons (Fsp3) is 0.381. The van der Waals surface area contributed by atoms with E-state index in [1.165, 1.54) is 0 Å². The van der Waals surface area contributed by atoms with E-state index in [0.717, 1.165) is 48.7 Å². The number of anilines is 1. The van der Waals surface area contributed by atoms with Gasteiger partial charge in [-0.1, -0.05) is 23.8 Å². The summed E-state index contributed by atoms with van der Waals surface area (Å²) in [5, 5.41) is 2.98. The van der Waals surface area contributed by atoms with Crippen LogP contribution in [0.4, 0.5) is 5.69 Å². The van der Waals surface area contributed by atoms with Crippen molar-refractivity contribution in [3.05, 3.63) is 48.0 Å². The van der Waals surface area contributed by atoms with Crippen LogP contribution in [-0.4, -0.2) is 29.6 Å². The van der Waals surface area contributed by atoms with E-state index in [1.807, 2.05) is 31.2 Å². The van der Waals surface area contributed by atoms with Gasteiger partial charge >= 0.3 is 0 Å². The molecule has 1 saturated carbocycles. The Kier molecular flexibility index (Phi) is 6.12. The molecule has 1 amide bonds. The van der Waals surface area contributed by atoms with Gasteiger partial charge in [0.05, 0.1) is 11.7 Å².